The Morgan fingerprint density at radius 3 is 3.00 bits per heavy atom. The van der Waals surface area contributed by atoms with Crippen molar-refractivity contribution in [3.8, 4) is 11.5 Å². The molecule has 1 amide bonds. The van der Waals surface area contributed by atoms with Gasteiger partial charge in [-0.05, 0) is 32.0 Å². The molecule has 20 heavy (non-hydrogen) atoms. The molecule has 0 bridgehead atoms. The Morgan fingerprint density at radius 1 is 1.45 bits per heavy atom. The highest BCUT2D eigenvalue weighted by Crippen LogP contribution is 2.27. The number of fused-ring (bicyclic) bond motifs is 1. The zero-order chi connectivity index (χ0) is 14.1. The predicted octanol–water partition coefficient (Wildman–Crippen LogP) is 2.54. The van der Waals surface area contributed by atoms with Crippen LogP contribution in [0.2, 0.25) is 0 Å². The van der Waals surface area contributed by atoms with Crippen LogP contribution in [0.3, 0.4) is 0 Å². The molecule has 0 aliphatic carbocycles. The van der Waals surface area contributed by atoms with E-state index >= 15 is 0 Å². The molecule has 6 nitrogen and oxygen atoms in total. The number of aromatic nitrogens is 2. The van der Waals surface area contributed by atoms with Crippen molar-refractivity contribution in [2.45, 2.75) is 13.8 Å². The number of carbonyl (C=O) groups is 1. The summed E-state index contributed by atoms with van der Waals surface area (Å²) in [6, 6.07) is 5.23. The Morgan fingerprint density at radius 2 is 2.30 bits per heavy atom. The van der Waals surface area contributed by atoms with Crippen molar-refractivity contribution in [3.63, 3.8) is 0 Å². The molecule has 0 radical (unpaired) electrons. The molecule has 3 aromatic heterocycles. The summed E-state index contributed by atoms with van der Waals surface area (Å²) < 4.78 is 10.5. The lowest BCUT2D eigenvalue weighted by atomic mass is 10.1. The van der Waals surface area contributed by atoms with Gasteiger partial charge in [0.25, 0.3) is 11.6 Å². The van der Waals surface area contributed by atoms with Gasteiger partial charge < -0.3 is 14.3 Å². The summed E-state index contributed by atoms with van der Waals surface area (Å²) in [7, 11) is 0. The normalized spacial score (nSPS) is 10.9. The van der Waals surface area contributed by atoms with Crippen LogP contribution >= 0.6 is 0 Å². The SMILES string of the molecule is CCNC(=O)c1cc(-c2ccco2)nc2onc(C)c12. The summed E-state index contributed by atoms with van der Waals surface area (Å²) in [4.78, 5) is 16.5. The first-order valence-corrected chi connectivity index (χ1v) is 6.29. The van der Waals surface area contributed by atoms with Crippen LogP contribution in [-0.4, -0.2) is 22.6 Å². The van der Waals surface area contributed by atoms with Crippen LogP contribution in [0.5, 0.6) is 0 Å². The molecule has 0 fully saturated rings. The van der Waals surface area contributed by atoms with Crippen molar-refractivity contribution in [1.29, 1.82) is 0 Å². The molecule has 0 atom stereocenters. The summed E-state index contributed by atoms with van der Waals surface area (Å²) in [5, 5.41) is 7.28. The number of furan rings is 1. The molecule has 0 aliphatic heterocycles. The van der Waals surface area contributed by atoms with Crippen LogP contribution in [0.15, 0.2) is 33.4 Å². The number of carbonyl (C=O) groups excluding carboxylic acids is 1. The average molecular weight is 271 g/mol. The Balaban J connectivity index is 2.24. The summed E-state index contributed by atoms with van der Waals surface area (Å²) in [6.07, 6.45) is 1.55. The summed E-state index contributed by atoms with van der Waals surface area (Å²) in [6.45, 7) is 4.19. The van der Waals surface area contributed by atoms with Gasteiger partial charge in [-0.2, -0.15) is 0 Å². The molecule has 102 valence electrons. The van der Waals surface area contributed by atoms with Gasteiger partial charge in [0.05, 0.1) is 22.9 Å². The summed E-state index contributed by atoms with van der Waals surface area (Å²) in [5.74, 6) is 0.394. The summed E-state index contributed by atoms with van der Waals surface area (Å²) >= 11 is 0. The van der Waals surface area contributed by atoms with Gasteiger partial charge in [-0.25, -0.2) is 4.98 Å². The van der Waals surface area contributed by atoms with E-state index < -0.39 is 0 Å². The Kier molecular flexibility index (Phi) is 2.98. The van der Waals surface area contributed by atoms with Crippen LogP contribution in [0.4, 0.5) is 0 Å². The van der Waals surface area contributed by atoms with E-state index in [0.29, 0.717) is 40.4 Å². The van der Waals surface area contributed by atoms with Crippen LogP contribution in [0, 0.1) is 6.92 Å². The first kappa shape index (κ1) is 12.4. The van der Waals surface area contributed by atoms with Gasteiger partial charge >= 0.3 is 0 Å². The van der Waals surface area contributed by atoms with Crippen LogP contribution in [0.1, 0.15) is 23.0 Å². The Labute approximate surface area is 114 Å². The summed E-state index contributed by atoms with van der Waals surface area (Å²) in [5.41, 5.74) is 2.00. The molecule has 3 aromatic rings. The Hall–Kier alpha value is -2.63. The fourth-order valence-electron chi connectivity index (χ4n) is 2.08. The first-order chi connectivity index (χ1) is 9.70. The number of rotatable bonds is 3. The van der Waals surface area contributed by atoms with Crippen molar-refractivity contribution < 1.29 is 13.7 Å². The standard InChI is InChI=1S/C14H13N3O3/c1-3-15-13(18)9-7-10(11-5-4-6-19-11)16-14-12(9)8(2)17-20-14/h4-7H,3H2,1-2H3,(H,15,18). The number of nitrogens with zero attached hydrogens (tertiary/aromatic N) is 2. The number of hydrogen-bond acceptors (Lipinski definition) is 5. The molecule has 1 N–H and O–H groups in total. The van der Waals surface area contributed by atoms with Crippen molar-refractivity contribution in [1.82, 2.24) is 15.5 Å². The van der Waals surface area contributed by atoms with Gasteiger partial charge in [0, 0.05) is 6.54 Å². The fourth-order valence-corrected chi connectivity index (χ4v) is 2.08. The van der Waals surface area contributed by atoms with Gasteiger partial charge in [-0.1, -0.05) is 5.16 Å². The van der Waals surface area contributed by atoms with E-state index in [1.165, 1.54) is 0 Å². The monoisotopic (exact) mass is 271 g/mol. The van der Waals surface area contributed by atoms with Crippen LogP contribution < -0.4 is 5.32 Å². The zero-order valence-electron chi connectivity index (χ0n) is 11.1. The molecule has 0 aliphatic rings. The van der Waals surface area contributed by atoms with Gasteiger partial charge in [0.15, 0.2) is 5.76 Å². The highest BCUT2D eigenvalue weighted by Gasteiger charge is 2.19. The molecule has 6 heteroatoms. The maximum atomic E-state index is 12.2. The second kappa shape index (κ2) is 4.80. The van der Waals surface area contributed by atoms with E-state index in [4.69, 9.17) is 8.94 Å². The van der Waals surface area contributed by atoms with Crippen molar-refractivity contribution in [2.24, 2.45) is 0 Å². The lowest BCUT2D eigenvalue weighted by Gasteiger charge is -2.05. The molecule has 0 aromatic carbocycles. The molecule has 0 spiro atoms. The van der Waals surface area contributed by atoms with Crippen LogP contribution in [0.25, 0.3) is 22.6 Å². The number of nitrogens with one attached hydrogen (secondary N) is 1. The molecular formula is C14H13N3O3. The fraction of sp³-hybridized carbons (Fsp3) is 0.214. The first-order valence-electron chi connectivity index (χ1n) is 6.29. The highest BCUT2D eigenvalue weighted by atomic mass is 16.5. The molecule has 0 saturated carbocycles. The third kappa shape index (κ3) is 1.95. The predicted molar refractivity (Wildman–Crippen MR) is 72.3 cm³/mol. The van der Waals surface area contributed by atoms with E-state index in [0.717, 1.165) is 0 Å². The Bertz CT molecular complexity index is 759. The van der Waals surface area contributed by atoms with E-state index in [9.17, 15) is 4.79 Å². The van der Waals surface area contributed by atoms with Crippen molar-refractivity contribution in [2.75, 3.05) is 6.54 Å². The van der Waals surface area contributed by atoms with E-state index in [-0.39, 0.29) is 5.91 Å². The third-order valence-electron chi connectivity index (χ3n) is 2.97. The quantitative estimate of drug-likeness (QED) is 0.791. The maximum Gasteiger partial charge on any atom is 0.259 e. The molecular weight excluding hydrogens is 258 g/mol. The highest BCUT2D eigenvalue weighted by molar-refractivity contribution is 6.06. The zero-order valence-corrected chi connectivity index (χ0v) is 11.1. The molecule has 0 saturated heterocycles. The number of aryl methyl sites for hydroxylation is 1. The van der Waals surface area contributed by atoms with Crippen LogP contribution in [-0.2, 0) is 0 Å². The number of amides is 1. The van der Waals surface area contributed by atoms with Crippen molar-refractivity contribution >= 4 is 17.0 Å². The number of pyridine rings is 1. The van der Waals surface area contributed by atoms with Crippen molar-refractivity contribution in [3.05, 3.63) is 35.7 Å². The smallest absolute Gasteiger partial charge is 0.259 e. The van der Waals surface area contributed by atoms with Gasteiger partial charge in [-0.3, -0.25) is 4.79 Å². The minimum atomic E-state index is -0.181. The lowest BCUT2D eigenvalue weighted by Crippen LogP contribution is -2.23. The van der Waals surface area contributed by atoms with E-state index in [2.05, 4.69) is 15.5 Å². The minimum Gasteiger partial charge on any atom is -0.463 e. The lowest BCUT2D eigenvalue weighted by molar-refractivity contribution is 0.0957. The third-order valence-corrected chi connectivity index (χ3v) is 2.97. The van der Waals surface area contributed by atoms with Gasteiger partial charge in [0.2, 0.25) is 0 Å². The second-order valence-electron chi connectivity index (χ2n) is 4.34. The molecule has 3 heterocycles. The molecule has 3 rings (SSSR count). The average Bonchev–Trinajstić information content (AvgIpc) is 3.08. The largest absolute Gasteiger partial charge is 0.463 e. The maximum absolute atomic E-state index is 12.2. The minimum absolute atomic E-state index is 0.181. The topological polar surface area (TPSA) is 81.2 Å². The number of hydrogen-bond donors (Lipinski definition) is 1. The van der Waals surface area contributed by atoms with Gasteiger partial charge in [0.1, 0.15) is 5.69 Å². The van der Waals surface area contributed by atoms with Gasteiger partial charge in [-0.15, -0.1) is 0 Å². The molecule has 0 unspecified atom stereocenters. The second-order valence-corrected chi connectivity index (χ2v) is 4.34. The van der Waals surface area contributed by atoms with E-state index in [1.54, 1.807) is 31.4 Å². The van der Waals surface area contributed by atoms with E-state index in [1.807, 2.05) is 6.92 Å².